The number of halogens is 2. The van der Waals surface area contributed by atoms with E-state index in [1.165, 1.54) is 11.8 Å². The highest BCUT2D eigenvalue weighted by molar-refractivity contribution is 8.00. The van der Waals surface area contributed by atoms with Crippen LogP contribution in [0.2, 0.25) is 10.0 Å². The van der Waals surface area contributed by atoms with Crippen LogP contribution in [0.15, 0.2) is 77.7 Å². The molecule has 160 valence electrons. The van der Waals surface area contributed by atoms with Crippen molar-refractivity contribution < 1.29 is 14.3 Å². The smallest absolute Gasteiger partial charge is 0.262 e. The van der Waals surface area contributed by atoms with Crippen molar-refractivity contribution in [2.24, 2.45) is 0 Å². The van der Waals surface area contributed by atoms with Crippen molar-refractivity contribution >= 4 is 58.2 Å². The number of hydrogen-bond donors (Lipinski definition) is 2. The van der Waals surface area contributed by atoms with E-state index in [9.17, 15) is 9.59 Å². The second-order valence-electron chi connectivity index (χ2n) is 6.55. The number of rotatable bonds is 8. The molecule has 3 aromatic carbocycles. The van der Waals surface area contributed by atoms with Crippen LogP contribution >= 0.6 is 35.0 Å². The molecule has 0 bridgehead atoms. The highest BCUT2D eigenvalue weighted by Gasteiger charge is 2.16. The lowest BCUT2D eigenvalue weighted by Gasteiger charge is -2.13. The van der Waals surface area contributed by atoms with E-state index >= 15 is 0 Å². The van der Waals surface area contributed by atoms with E-state index in [1.54, 1.807) is 49.4 Å². The fourth-order valence-electron chi connectivity index (χ4n) is 2.56. The zero-order valence-electron chi connectivity index (χ0n) is 16.6. The third-order valence-electron chi connectivity index (χ3n) is 4.12. The Balaban J connectivity index is 1.49. The minimum atomic E-state index is -0.366. The molecule has 0 saturated carbocycles. The Labute approximate surface area is 195 Å². The molecule has 2 N–H and O–H groups in total. The van der Waals surface area contributed by atoms with Gasteiger partial charge in [-0.2, -0.15) is 0 Å². The maximum Gasteiger partial charge on any atom is 0.262 e. The van der Waals surface area contributed by atoms with Crippen molar-refractivity contribution in [3.05, 3.63) is 82.8 Å². The molecule has 31 heavy (non-hydrogen) atoms. The topological polar surface area (TPSA) is 67.4 Å². The van der Waals surface area contributed by atoms with Gasteiger partial charge in [-0.15, -0.1) is 11.8 Å². The van der Waals surface area contributed by atoms with E-state index in [2.05, 4.69) is 10.6 Å². The van der Waals surface area contributed by atoms with Crippen LogP contribution in [0.3, 0.4) is 0 Å². The molecule has 0 fully saturated rings. The summed E-state index contributed by atoms with van der Waals surface area (Å²) >= 11 is 13.4. The van der Waals surface area contributed by atoms with Gasteiger partial charge in [-0.05, 0) is 61.5 Å². The molecule has 3 aromatic rings. The molecule has 2 amide bonds. The van der Waals surface area contributed by atoms with Crippen LogP contribution in [0.5, 0.6) is 5.75 Å². The predicted octanol–water partition coefficient (Wildman–Crippen LogP) is 6.13. The average Bonchev–Trinajstić information content (AvgIpc) is 2.77. The molecule has 0 heterocycles. The molecule has 0 aromatic heterocycles. The van der Waals surface area contributed by atoms with Gasteiger partial charge in [0.25, 0.3) is 5.91 Å². The summed E-state index contributed by atoms with van der Waals surface area (Å²) in [5, 5.41) is 6.12. The van der Waals surface area contributed by atoms with Gasteiger partial charge in [0.2, 0.25) is 5.91 Å². The van der Waals surface area contributed by atoms with Crippen LogP contribution in [-0.4, -0.2) is 23.7 Å². The maximum absolute atomic E-state index is 12.5. The van der Waals surface area contributed by atoms with Crippen LogP contribution in [0, 0.1) is 0 Å². The quantitative estimate of drug-likeness (QED) is 0.385. The number of ether oxygens (including phenoxy) is 1. The van der Waals surface area contributed by atoms with E-state index in [0.29, 0.717) is 27.2 Å². The second kappa shape index (κ2) is 11.1. The minimum Gasteiger partial charge on any atom is -0.484 e. The molecule has 0 aliphatic carbocycles. The Hall–Kier alpha value is -2.67. The van der Waals surface area contributed by atoms with Gasteiger partial charge in [0.1, 0.15) is 5.75 Å². The molecular weight excluding hydrogens is 455 g/mol. The molecular formula is C23H20Cl2N2O3S. The molecule has 1 unspecified atom stereocenters. The van der Waals surface area contributed by atoms with Gasteiger partial charge in [-0.1, -0.05) is 41.4 Å². The van der Waals surface area contributed by atoms with Crippen LogP contribution < -0.4 is 15.4 Å². The van der Waals surface area contributed by atoms with Crippen molar-refractivity contribution in [3.8, 4) is 5.75 Å². The highest BCUT2D eigenvalue weighted by atomic mass is 35.5. The summed E-state index contributed by atoms with van der Waals surface area (Å²) in [6.45, 7) is 1.72. The van der Waals surface area contributed by atoms with Gasteiger partial charge in [0.05, 0.1) is 16.0 Å². The average molecular weight is 475 g/mol. The van der Waals surface area contributed by atoms with Gasteiger partial charge >= 0.3 is 0 Å². The molecule has 0 aliphatic heterocycles. The minimum absolute atomic E-state index is 0.0796. The third-order valence-corrected chi connectivity index (χ3v) is 5.80. The van der Waals surface area contributed by atoms with Crippen LogP contribution in [0.4, 0.5) is 11.4 Å². The molecule has 0 aliphatic rings. The van der Waals surface area contributed by atoms with Gasteiger partial charge in [-0.25, -0.2) is 0 Å². The Kier molecular flexibility index (Phi) is 8.23. The standard InChI is InChI=1S/C23H20Cl2N2O3S/c1-15(23(29)27-21-13-16(24)7-12-20(21)25)31-19-10-8-17(9-11-19)26-22(28)14-30-18-5-3-2-4-6-18/h2-13,15H,14H2,1H3,(H,26,28)(H,27,29). The first-order valence-corrected chi connectivity index (χ1v) is 11.0. The largest absolute Gasteiger partial charge is 0.484 e. The Morgan fingerprint density at radius 3 is 2.39 bits per heavy atom. The first kappa shape index (κ1) is 23.0. The van der Waals surface area contributed by atoms with Crippen LogP contribution in [-0.2, 0) is 9.59 Å². The Morgan fingerprint density at radius 1 is 0.968 bits per heavy atom. The van der Waals surface area contributed by atoms with Gasteiger partial charge < -0.3 is 15.4 Å². The summed E-state index contributed by atoms with van der Waals surface area (Å²) in [7, 11) is 0. The van der Waals surface area contributed by atoms with Crippen molar-refractivity contribution in [3.63, 3.8) is 0 Å². The lowest BCUT2D eigenvalue weighted by molar-refractivity contribution is -0.118. The van der Waals surface area contributed by atoms with E-state index in [0.717, 1.165) is 4.90 Å². The van der Waals surface area contributed by atoms with E-state index in [4.69, 9.17) is 27.9 Å². The number of carbonyl (C=O) groups excluding carboxylic acids is 2. The summed E-state index contributed by atoms with van der Waals surface area (Å²) in [6.07, 6.45) is 0. The summed E-state index contributed by atoms with van der Waals surface area (Å²) in [4.78, 5) is 25.4. The molecule has 3 rings (SSSR count). The van der Waals surface area contributed by atoms with Crippen molar-refractivity contribution in [2.75, 3.05) is 17.2 Å². The van der Waals surface area contributed by atoms with E-state index in [-0.39, 0.29) is 23.7 Å². The summed E-state index contributed by atoms with van der Waals surface area (Å²) < 4.78 is 5.43. The van der Waals surface area contributed by atoms with Crippen LogP contribution in [0.25, 0.3) is 0 Å². The third kappa shape index (κ3) is 7.21. The van der Waals surface area contributed by atoms with Crippen molar-refractivity contribution in [1.29, 1.82) is 0 Å². The van der Waals surface area contributed by atoms with Gasteiger partial charge in [-0.3, -0.25) is 9.59 Å². The van der Waals surface area contributed by atoms with E-state index < -0.39 is 0 Å². The van der Waals surface area contributed by atoms with Gasteiger partial charge in [0.15, 0.2) is 6.61 Å². The first-order chi connectivity index (χ1) is 14.9. The molecule has 1 atom stereocenters. The number of para-hydroxylation sites is 1. The predicted molar refractivity (Wildman–Crippen MR) is 127 cm³/mol. The SMILES string of the molecule is CC(Sc1ccc(NC(=O)COc2ccccc2)cc1)C(=O)Nc1cc(Cl)ccc1Cl. The summed E-state index contributed by atoms with van der Waals surface area (Å²) in [6, 6.07) is 21.3. The van der Waals surface area contributed by atoms with Crippen LogP contribution in [0.1, 0.15) is 6.92 Å². The van der Waals surface area contributed by atoms with E-state index in [1.807, 2.05) is 30.3 Å². The number of benzene rings is 3. The fourth-order valence-corrected chi connectivity index (χ4v) is 3.77. The Morgan fingerprint density at radius 2 is 1.68 bits per heavy atom. The zero-order chi connectivity index (χ0) is 22.2. The molecule has 8 heteroatoms. The number of amides is 2. The molecule has 0 radical (unpaired) electrons. The lowest BCUT2D eigenvalue weighted by atomic mass is 10.3. The maximum atomic E-state index is 12.5. The number of hydrogen-bond acceptors (Lipinski definition) is 4. The summed E-state index contributed by atoms with van der Waals surface area (Å²) in [5.41, 5.74) is 1.12. The first-order valence-electron chi connectivity index (χ1n) is 9.41. The number of anilines is 2. The zero-order valence-corrected chi connectivity index (χ0v) is 18.9. The normalized spacial score (nSPS) is 11.5. The molecule has 0 saturated heterocycles. The number of carbonyl (C=O) groups is 2. The summed E-state index contributed by atoms with van der Waals surface area (Å²) in [5.74, 6) is 0.190. The molecule has 0 spiro atoms. The Bertz CT molecular complexity index is 1050. The molecule has 5 nitrogen and oxygen atoms in total. The lowest BCUT2D eigenvalue weighted by Crippen LogP contribution is -2.22. The highest BCUT2D eigenvalue weighted by Crippen LogP contribution is 2.29. The van der Waals surface area contributed by atoms with Crippen molar-refractivity contribution in [2.45, 2.75) is 17.1 Å². The van der Waals surface area contributed by atoms with Gasteiger partial charge in [0, 0.05) is 15.6 Å². The number of thioether (sulfide) groups is 1. The monoisotopic (exact) mass is 474 g/mol. The fraction of sp³-hybridized carbons (Fsp3) is 0.130. The van der Waals surface area contributed by atoms with Crippen molar-refractivity contribution in [1.82, 2.24) is 0 Å². The second-order valence-corrected chi connectivity index (χ2v) is 8.81. The number of nitrogens with one attached hydrogen (secondary N) is 2.